The Morgan fingerprint density at radius 1 is 1.04 bits per heavy atom. The molecule has 0 fully saturated rings. The maximum atomic E-state index is 12.1. The number of cyclic esters (lactones) is 1. The zero-order valence-electron chi connectivity index (χ0n) is 15.0. The molecule has 0 amide bonds. The molecule has 1 atom stereocenters. The Balaban J connectivity index is 1.93. The lowest BCUT2D eigenvalue weighted by Crippen LogP contribution is -2.31. The first kappa shape index (κ1) is 18.2. The summed E-state index contributed by atoms with van der Waals surface area (Å²) >= 11 is 5.98. The molecule has 2 heterocycles. The molecule has 1 aliphatic heterocycles. The van der Waals surface area contributed by atoms with Crippen molar-refractivity contribution in [1.82, 2.24) is 0 Å². The van der Waals surface area contributed by atoms with Crippen molar-refractivity contribution in [3.8, 4) is 11.3 Å². The quantitative estimate of drug-likeness (QED) is 0.585. The van der Waals surface area contributed by atoms with Gasteiger partial charge in [0.1, 0.15) is 12.0 Å². The van der Waals surface area contributed by atoms with Crippen molar-refractivity contribution in [2.75, 3.05) is 0 Å². The van der Waals surface area contributed by atoms with E-state index >= 15 is 0 Å². The molecular weight excluding hydrogens is 380 g/mol. The second-order valence-electron chi connectivity index (χ2n) is 6.49. The van der Waals surface area contributed by atoms with Gasteiger partial charge in [0.25, 0.3) is 0 Å². The largest absolute Gasteiger partial charge is 0.504 e. The maximum absolute atomic E-state index is 12.1. The number of carbonyl (C=O) groups excluding carboxylic acids is 1. The number of benzene rings is 2. The average molecular weight is 397 g/mol. The van der Waals surface area contributed by atoms with E-state index in [2.05, 4.69) is 0 Å². The Kier molecular flexibility index (Phi) is 4.40. The van der Waals surface area contributed by atoms with E-state index in [0.29, 0.717) is 28.3 Å². The van der Waals surface area contributed by atoms with Crippen molar-refractivity contribution >= 4 is 17.6 Å². The van der Waals surface area contributed by atoms with Crippen molar-refractivity contribution < 1.29 is 24.2 Å². The fraction of sp³-hybridized carbons (Fsp3) is 0.136. The van der Waals surface area contributed by atoms with Gasteiger partial charge in [-0.3, -0.25) is 0 Å². The molecule has 4 rings (SSSR count). The summed E-state index contributed by atoms with van der Waals surface area (Å²) < 4.78 is 11.0. The highest BCUT2D eigenvalue weighted by atomic mass is 35.5. The molecule has 0 saturated heterocycles. The maximum Gasteiger partial charge on any atom is 0.378 e. The van der Waals surface area contributed by atoms with Crippen LogP contribution in [-0.2, 0) is 21.6 Å². The molecule has 142 valence electrons. The minimum Gasteiger partial charge on any atom is -0.504 e. The zero-order chi connectivity index (χ0) is 19.9. The monoisotopic (exact) mass is 396 g/mol. The number of carbonyl (C=O) groups is 1. The lowest BCUT2D eigenvalue weighted by atomic mass is 9.83. The summed E-state index contributed by atoms with van der Waals surface area (Å²) in [4.78, 5) is 12.1. The summed E-state index contributed by atoms with van der Waals surface area (Å²) in [5.41, 5.74) is 1.20. The van der Waals surface area contributed by atoms with Crippen LogP contribution in [0.2, 0.25) is 5.02 Å². The predicted octanol–water partition coefficient (Wildman–Crippen LogP) is 5.29. The van der Waals surface area contributed by atoms with Crippen molar-refractivity contribution in [2.45, 2.75) is 18.9 Å². The molecular formula is C22H17ClO5. The van der Waals surface area contributed by atoms with Gasteiger partial charge in [-0.15, -0.1) is 0 Å². The fourth-order valence-electron chi connectivity index (χ4n) is 3.53. The van der Waals surface area contributed by atoms with Gasteiger partial charge >= 0.3 is 5.97 Å². The van der Waals surface area contributed by atoms with E-state index in [0.717, 1.165) is 11.1 Å². The van der Waals surface area contributed by atoms with Gasteiger partial charge in [0.2, 0.25) is 11.4 Å². The molecule has 1 unspecified atom stereocenters. The minimum absolute atomic E-state index is 0.497. The minimum atomic E-state index is -1.61. The van der Waals surface area contributed by atoms with E-state index in [4.69, 9.17) is 20.8 Å². The molecule has 0 saturated carbocycles. The molecule has 3 aromatic rings. The number of aliphatic hydroxyl groups excluding tert-OH is 2. The predicted molar refractivity (Wildman–Crippen MR) is 104 cm³/mol. The molecule has 0 spiro atoms. The smallest absolute Gasteiger partial charge is 0.378 e. The van der Waals surface area contributed by atoms with E-state index in [9.17, 15) is 15.0 Å². The van der Waals surface area contributed by atoms with E-state index in [-0.39, 0.29) is 0 Å². The van der Waals surface area contributed by atoms with Crippen LogP contribution in [-0.4, -0.2) is 16.2 Å². The first-order chi connectivity index (χ1) is 13.5. The van der Waals surface area contributed by atoms with Crippen LogP contribution < -0.4 is 0 Å². The van der Waals surface area contributed by atoms with Crippen molar-refractivity contribution in [1.29, 1.82) is 0 Å². The number of aryl methyl sites for hydroxylation is 1. The number of furan rings is 1. The summed E-state index contributed by atoms with van der Waals surface area (Å²) in [6, 6.07) is 15.9. The van der Waals surface area contributed by atoms with Gasteiger partial charge in [-0.25, -0.2) is 4.79 Å². The van der Waals surface area contributed by atoms with Crippen LogP contribution in [0.4, 0.5) is 0 Å². The normalized spacial score (nSPS) is 19.1. The third-order valence-corrected chi connectivity index (χ3v) is 5.10. The van der Waals surface area contributed by atoms with E-state index in [1.54, 1.807) is 36.4 Å². The number of halogens is 1. The summed E-state index contributed by atoms with van der Waals surface area (Å²) in [6.45, 7) is 1.98. The summed E-state index contributed by atoms with van der Waals surface area (Å²) in [7, 11) is 0. The van der Waals surface area contributed by atoms with Crippen molar-refractivity contribution in [3.63, 3.8) is 0 Å². The number of esters is 1. The van der Waals surface area contributed by atoms with E-state index < -0.39 is 23.1 Å². The highest BCUT2D eigenvalue weighted by molar-refractivity contribution is 6.30. The summed E-state index contributed by atoms with van der Waals surface area (Å²) in [5, 5.41) is 21.2. The van der Waals surface area contributed by atoms with Gasteiger partial charge in [0.05, 0.1) is 5.02 Å². The van der Waals surface area contributed by atoms with Gasteiger partial charge in [0, 0.05) is 22.8 Å². The van der Waals surface area contributed by atoms with Crippen LogP contribution in [0.5, 0.6) is 0 Å². The van der Waals surface area contributed by atoms with Crippen LogP contribution in [0.3, 0.4) is 0 Å². The number of ether oxygens (including phenoxy) is 1. The van der Waals surface area contributed by atoms with Gasteiger partial charge in [-0.1, -0.05) is 67.1 Å². The number of rotatable bonds is 4. The second kappa shape index (κ2) is 6.77. The standard InChI is InChI=1S/C22H17ClO5/c1-2-13-10-15(8-9-17(13)18-11-16(23)12-27-18)22(14-6-4-3-5-7-14)20(25)19(24)21(26)28-22/h3-12,24-25H,2H2,1H3. The SMILES string of the molecule is CCc1cc(C2(c3ccccc3)OC(=O)C(O)=C2O)ccc1-c1cc(Cl)co1. The van der Waals surface area contributed by atoms with Crippen LogP contribution in [0.15, 0.2) is 76.8 Å². The number of hydrogen-bond acceptors (Lipinski definition) is 5. The summed E-state index contributed by atoms with van der Waals surface area (Å²) in [6.07, 6.45) is 2.12. The first-order valence-corrected chi connectivity index (χ1v) is 9.14. The summed E-state index contributed by atoms with van der Waals surface area (Å²) in [5.74, 6) is -1.67. The first-order valence-electron chi connectivity index (χ1n) is 8.76. The Hall–Kier alpha value is -3.18. The van der Waals surface area contributed by atoms with Gasteiger partial charge in [0.15, 0.2) is 5.76 Å². The highest BCUT2D eigenvalue weighted by Crippen LogP contribution is 2.46. The Bertz CT molecular complexity index is 1080. The van der Waals surface area contributed by atoms with Crippen molar-refractivity contribution in [3.05, 3.63) is 94.1 Å². The molecule has 5 nitrogen and oxygen atoms in total. The van der Waals surface area contributed by atoms with Crippen LogP contribution in [0, 0.1) is 0 Å². The molecule has 1 aliphatic rings. The van der Waals surface area contributed by atoms with E-state index in [1.165, 1.54) is 6.26 Å². The van der Waals surface area contributed by atoms with Crippen LogP contribution >= 0.6 is 11.6 Å². The lowest BCUT2D eigenvalue weighted by Gasteiger charge is -2.29. The Morgan fingerprint density at radius 3 is 2.36 bits per heavy atom. The Morgan fingerprint density at radius 2 is 1.79 bits per heavy atom. The highest BCUT2D eigenvalue weighted by Gasteiger charge is 2.52. The average Bonchev–Trinajstić information content (AvgIpc) is 3.25. The van der Waals surface area contributed by atoms with E-state index in [1.807, 2.05) is 25.1 Å². The van der Waals surface area contributed by atoms with Gasteiger partial charge in [-0.05, 0) is 12.0 Å². The van der Waals surface area contributed by atoms with Crippen LogP contribution in [0.1, 0.15) is 23.6 Å². The molecule has 0 aliphatic carbocycles. The van der Waals surface area contributed by atoms with Crippen molar-refractivity contribution in [2.24, 2.45) is 0 Å². The zero-order valence-corrected chi connectivity index (χ0v) is 15.7. The second-order valence-corrected chi connectivity index (χ2v) is 6.93. The fourth-order valence-corrected chi connectivity index (χ4v) is 3.67. The molecule has 28 heavy (non-hydrogen) atoms. The third-order valence-electron chi connectivity index (χ3n) is 4.90. The number of aliphatic hydroxyl groups is 2. The molecule has 6 heteroatoms. The molecule has 1 aromatic heterocycles. The molecule has 0 radical (unpaired) electrons. The molecule has 0 bridgehead atoms. The third kappa shape index (κ3) is 2.67. The van der Waals surface area contributed by atoms with Gasteiger partial charge < -0.3 is 19.4 Å². The lowest BCUT2D eigenvalue weighted by molar-refractivity contribution is -0.147. The topological polar surface area (TPSA) is 79.9 Å². The number of hydrogen-bond donors (Lipinski definition) is 2. The Labute approximate surface area is 166 Å². The van der Waals surface area contributed by atoms with Gasteiger partial charge in [-0.2, -0.15) is 0 Å². The van der Waals surface area contributed by atoms with Crippen LogP contribution in [0.25, 0.3) is 11.3 Å². The molecule has 2 aromatic carbocycles. The molecule has 2 N–H and O–H groups in total.